The molecule has 3 rings (SSSR count). The Balaban J connectivity index is 2.06. The number of imidazole rings is 1. The molecule has 1 fully saturated rings. The van der Waals surface area contributed by atoms with Gasteiger partial charge in [-0.15, -0.1) is 11.6 Å². The number of nitrogens with zero attached hydrogens (tertiary/aromatic N) is 3. The van der Waals surface area contributed by atoms with Gasteiger partial charge in [0, 0.05) is 19.0 Å². The van der Waals surface area contributed by atoms with Gasteiger partial charge in [0.2, 0.25) is 5.91 Å². The van der Waals surface area contributed by atoms with Gasteiger partial charge in [-0.25, -0.2) is 4.98 Å². The third-order valence-corrected chi connectivity index (χ3v) is 3.95. The average molecular weight is 303 g/mol. The number of aromatic nitrogens is 2. The molecule has 1 N–H and O–H groups in total. The Morgan fingerprint density at radius 3 is 3.05 bits per heavy atom. The number of nitrogens with one attached hydrogen (secondary N) is 1. The molecule has 2 atom stereocenters. The van der Waals surface area contributed by atoms with Crippen LogP contribution in [0.4, 0.5) is 0 Å². The minimum atomic E-state index is -0.236. The Labute approximate surface area is 127 Å². The molecule has 1 aliphatic rings. The Kier molecular flexibility index (Phi) is 3.56. The molecule has 1 amide bonds. The number of nitriles is 1. The summed E-state index contributed by atoms with van der Waals surface area (Å²) in [5.74, 6) is 0.852. The number of rotatable bonds is 3. The van der Waals surface area contributed by atoms with Gasteiger partial charge in [0.1, 0.15) is 5.82 Å². The minimum absolute atomic E-state index is 0.0857. The van der Waals surface area contributed by atoms with Crippen molar-refractivity contribution >= 4 is 28.5 Å². The molecule has 1 aliphatic heterocycles. The van der Waals surface area contributed by atoms with Crippen LogP contribution in [0.1, 0.15) is 36.5 Å². The van der Waals surface area contributed by atoms with Crippen LogP contribution in [0.5, 0.6) is 0 Å². The van der Waals surface area contributed by atoms with E-state index in [1.54, 1.807) is 6.07 Å². The molecule has 0 aliphatic carbocycles. The van der Waals surface area contributed by atoms with Gasteiger partial charge >= 0.3 is 0 Å². The van der Waals surface area contributed by atoms with Gasteiger partial charge in [-0.05, 0) is 31.5 Å². The molecule has 5 nitrogen and oxygen atoms in total. The molecule has 6 heteroatoms. The van der Waals surface area contributed by atoms with E-state index in [2.05, 4.69) is 16.4 Å². The minimum Gasteiger partial charge on any atom is -0.352 e. The summed E-state index contributed by atoms with van der Waals surface area (Å²) in [7, 11) is 0. The van der Waals surface area contributed by atoms with Crippen molar-refractivity contribution in [1.82, 2.24) is 14.9 Å². The van der Waals surface area contributed by atoms with E-state index in [0.717, 1.165) is 23.3 Å². The van der Waals surface area contributed by atoms with Crippen molar-refractivity contribution in [3.05, 3.63) is 29.6 Å². The van der Waals surface area contributed by atoms with Gasteiger partial charge in [-0.1, -0.05) is 0 Å². The summed E-state index contributed by atoms with van der Waals surface area (Å²) in [6.45, 7) is 2.50. The van der Waals surface area contributed by atoms with E-state index in [1.165, 1.54) is 0 Å². The van der Waals surface area contributed by atoms with Crippen LogP contribution in [0.3, 0.4) is 0 Å². The lowest BCUT2D eigenvalue weighted by atomic mass is 10.2. The lowest BCUT2D eigenvalue weighted by Crippen LogP contribution is -2.30. The van der Waals surface area contributed by atoms with Crippen LogP contribution < -0.4 is 5.32 Å². The Bertz CT molecular complexity index is 744. The van der Waals surface area contributed by atoms with E-state index in [9.17, 15) is 4.79 Å². The van der Waals surface area contributed by atoms with Gasteiger partial charge in [0.25, 0.3) is 0 Å². The lowest BCUT2D eigenvalue weighted by molar-refractivity contribution is -0.119. The summed E-state index contributed by atoms with van der Waals surface area (Å²) >= 11 is 6.23. The fourth-order valence-electron chi connectivity index (χ4n) is 2.74. The SMILES string of the molecule is CC(Cl)c1nc2ccc(C#N)cc2n1CC1CCC(=O)N1. The number of hydrogen-bond acceptors (Lipinski definition) is 3. The topological polar surface area (TPSA) is 70.7 Å². The smallest absolute Gasteiger partial charge is 0.220 e. The average Bonchev–Trinajstić information content (AvgIpc) is 3.03. The summed E-state index contributed by atoms with van der Waals surface area (Å²) in [6, 6.07) is 7.64. The van der Waals surface area contributed by atoms with Gasteiger partial charge in [-0.3, -0.25) is 4.79 Å². The van der Waals surface area contributed by atoms with Crippen LogP contribution in [-0.4, -0.2) is 21.5 Å². The van der Waals surface area contributed by atoms with Gasteiger partial charge in [0.15, 0.2) is 0 Å². The van der Waals surface area contributed by atoms with Crippen molar-refractivity contribution in [2.24, 2.45) is 0 Å². The maximum atomic E-state index is 11.4. The first-order valence-corrected chi connectivity index (χ1v) is 7.36. The number of carbonyl (C=O) groups excluding carboxylic acids is 1. The Morgan fingerprint density at radius 1 is 1.62 bits per heavy atom. The first-order valence-electron chi connectivity index (χ1n) is 6.92. The zero-order valence-corrected chi connectivity index (χ0v) is 12.4. The van der Waals surface area contributed by atoms with Gasteiger partial charge in [-0.2, -0.15) is 5.26 Å². The van der Waals surface area contributed by atoms with Crippen LogP contribution in [0, 0.1) is 11.3 Å². The zero-order valence-electron chi connectivity index (χ0n) is 11.6. The maximum absolute atomic E-state index is 11.4. The van der Waals surface area contributed by atoms with Crippen molar-refractivity contribution in [1.29, 1.82) is 5.26 Å². The molecular formula is C15H15ClN4O. The van der Waals surface area contributed by atoms with Crippen LogP contribution in [0.15, 0.2) is 18.2 Å². The Hall–Kier alpha value is -2.06. The third-order valence-electron chi connectivity index (χ3n) is 3.75. The van der Waals surface area contributed by atoms with Crippen LogP contribution >= 0.6 is 11.6 Å². The highest BCUT2D eigenvalue weighted by atomic mass is 35.5. The first kappa shape index (κ1) is 13.9. The number of halogens is 1. The van der Waals surface area contributed by atoms with E-state index in [1.807, 2.05) is 23.6 Å². The van der Waals surface area contributed by atoms with E-state index < -0.39 is 0 Å². The molecule has 1 aromatic heterocycles. The molecule has 2 aromatic rings. The zero-order chi connectivity index (χ0) is 15.0. The quantitative estimate of drug-likeness (QED) is 0.886. The first-order chi connectivity index (χ1) is 10.1. The van der Waals surface area contributed by atoms with E-state index >= 15 is 0 Å². The largest absolute Gasteiger partial charge is 0.352 e. The van der Waals surface area contributed by atoms with Gasteiger partial charge in [0.05, 0.1) is 28.0 Å². The number of benzene rings is 1. The maximum Gasteiger partial charge on any atom is 0.220 e. The molecule has 0 bridgehead atoms. The summed E-state index contributed by atoms with van der Waals surface area (Å²) < 4.78 is 2.02. The molecule has 21 heavy (non-hydrogen) atoms. The summed E-state index contributed by atoms with van der Waals surface area (Å²) in [4.78, 5) is 15.9. The fourth-order valence-corrected chi connectivity index (χ4v) is 2.91. The monoisotopic (exact) mass is 302 g/mol. The second kappa shape index (κ2) is 5.38. The highest BCUT2D eigenvalue weighted by molar-refractivity contribution is 6.20. The second-order valence-corrected chi connectivity index (χ2v) is 5.97. The van der Waals surface area contributed by atoms with Crippen LogP contribution in [-0.2, 0) is 11.3 Å². The van der Waals surface area contributed by atoms with Crippen molar-refractivity contribution in [2.75, 3.05) is 0 Å². The van der Waals surface area contributed by atoms with E-state index in [0.29, 0.717) is 18.5 Å². The normalized spacial score (nSPS) is 19.5. The van der Waals surface area contributed by atoms with Crippen molar-refractivity contribution in [3.63, 3.8) is 0 Å². The van der Waals surface area contributed by atoms with Crippen molar-refractivity contribution in [3.8, 4) is 6.07 Å². The molecule has 2 unspecified atom stereocenters. The molecule has 2 heterocycles. The van der Waals surface area contributed by atoms with Crippen molar-refractivity contribution < 1.29 is 4.79 Å². The summed E-state index contributed by atoms with van der Waals surface area (Å²) in [5.41, 5.74) is 2.30. The highest BCUT2D eigenvalue weighted by Crippen LogP contribution is 2.26. The molecule has 0 radical (unpaired) electrons. The van der Waals surface area contributed by atoms with Crippen molar-refractivity contribution in [2.45, 2.75) is 37.7 Å². The molecule has 1 aromatic carbocycles. The predicted octanol–water partition coefficient (Wildman–Crippen LogP) is 2.49. The van der Waals surface area contributed by atoms with Crippen LogP contribution in [0.2, 0.25) is 0 Å². The second-order valence-electron chi connectivity index (χ2n) is 5.32. The number of hydrogen-bond donors (Lipinski definition) is 1. The number of amides is 1. The molecule has 108 valence electrons. The number of fused-ring (bicyclic) bond motifs is 1. The van der Waals surface area contributed by atoms with E-state index in [-0.39, 0.29) is 17.3 Å². The molecule has 0 saturated carbocycles. The predicted molar refractivity (Wildman–Crippen MR) is 79.9 cm³/mol. The fraction of sp³-hybridized carbons (Fsp3) is 0.400. The van der Waals surface area contributed by atoms with Crippen LogP contribution in [0.25, 0.3) is 11.0 Å². The number of alkyl halides is 1. The number of carbonyl (C=O) groups is 1. The highest BCUT2D eigenvalue weighted by Gasteiger charge is 2.24. The summed E-state index contributed by atoms with van der Waals surface area (Å²) in [6.07, 6.45) is 1.37. The van der Waals surface area contributed by atoms with Gasteiger partial charge < -0.3 is 9.88 Å². The lowest BCUT2D eigenvalue weighted by Gasteiger charge is -2.15. The molecule has 1 saturated heterocycles. The standard InChI is InChI=1S/C15H15ClN4O/c1-9(16)15-19-12-4-2-10(7-17)6-13(12)20(15)8-11-3-5-14(21)18-11/h2,4,6,9,11H,3,5,8H2,1H3,(H,18,21). The molecule has 0 spiro atoms. The Morgan fingerprint density at radius 2 is 2.43 bits per heavy atom. The molecular weight excluding hydrogens is 288 g/mol. The van der Waals surface area contributed by atoms with E-state index in [4.69, 9.17) is 16.9 Å². The summed E-state index contributed by atoms with van der Waals surface area (Å²) in [5, 5.41) is 11.8. The third kappa shape index (κ3) is 2.59.